The maximum atomic E-state index is 12.7. The number of hydrogen-bond donors (Lipinski definition) is 1. The number of likely N-dealkylation sites (N-methyl/N-ethyl adjacent to an activating group) is 1. The minimum absolute atomic E-state index is 0.0679. The van der Waals surface area contributed by atoms with Crippen molar-refractivity contribution in [3.8, 4) is 0 Å². The lowest BCUT2D eigenvalue weighted by Gasteiger charge is -2.34. The lowest BCUT2D eigenvalue weighted by molar-refractivity contribution is 0.0643. The van der Waals surface area contributed by atoms with E-state index >= 15 is 0 Å². The second-order valence-corrected chi connectivity index (χ2v) is 7.00. The Labute approximate surface area is 168 Å². The van der Waals surface area contributed by atoms with Crippen molar-refractivity contribution in [2.45, 2.75) is 20.8 Å². The minimum atomic E-state index is 0.0679. The number of rotatable bonds is 7. The van der Waals surface area contributed by atoms with Crippen LogP contribution in [0.2, 0.25) is 0 Å². The van der Waals surface area contributed by atoms with Gasteiger partial charge in [0.05, 0.1) is 5.56 Å². The van der Waals surface area contributed by atoms with Gasteiger partial charge in [-0.1, -0.05) is 6.92 Å². The van der Waals surface area contributed by atoms with Crippen LogP contribution >= 0.6 is 0 Å². The second-order valence-electron chi connectivity index (χ2n) is 7.00. The summed E-state index contributed by atoms with van der Waals surface area (Å²) in [5.74, 6) is 0.807. The van der Waals surface area contributed by atoms with Crippen molar-refractivity contribution in [3.63, 3.8) is 0 Å². The monoisotopic (exact) mass is 381 g/mol. The van der Waals surface area contributed by atoms with E-state index in [1.165, 1.54) is 5.69 Å². The van der Waals surface area contributed by atoms with E-state index in [0.717, 1.165) is 57.3 Å². The first-order chi connectivity index (χ1) is 13.6. The van der Waals surface area contributed by atoms with Crippen molar-refractivity contribution >= 4 is 23.1 Å². The first kappa shape index (κ1) is 20.1. The highest BCUT2D eigenvalue weighted by Gasteiger charge is 2.21. The normalized spacial score (nSPS) is 14.8. The fourth-order valence-electron chi connectivity index (χ4n) is 3.54. The van der Waals surface area contributed by atoms with E-state index in [0.29, 0.717) is 5.56 Å². The standard InChI is InChI=1S/C22H31N5O/c1-4-25-13-15-27(16-14-25)22(28)18-7-12-21(23-17-18)24-19-8-10-20(11-9-19)26(5-2)6-3/h7-12,17H,4-6,13-16H2,1-3H3,(H,23,24). The highest BCUT2D eigenvalue weighted by molar-refractivity contribution is 5.94. The molecule has 0 bridgehead atoms. The number of anilines is 3. The zero-order chi connectivity index (χ0) is 19.9. The number of amides is 1. The number of carbonyl (C=O) groups is 1. The summed E-state index contributed by atoms with van der Waals surface area (Å²) in [5.41, 5.74) is 2.85. The smallest absolute Gasteiger partial charge is 0.255 e. The van der Waals surface area contributed by atoms with Gasteiger partial charge < -0.3 is 20.0 Å². The number of nitrogens with zero attached hydrogens (tertiary/aromatic N) is 4. The van der Waals surface area contributed by atoms with E-state index in [4.69, 9.17) is 0 Å². The van der Waals surface area contributed by atoms with Crippen molar-refractivity contribution in [2.75, 3.05) is 56.0 Å². The molecule has 1 saturated heterocycles. The number of aromatic nitrogens is 1. The highest BCUT2D eigenvalue weighted by Crippen LogP contribution is 2.20. The minimum Gasteiger partial charge on any atom is -0.372 e. The van der Waals surface area contributed by atoms with Crippen LogP contribution in [0.15, 0.2) is 42.6 Å². The van der Waals surface area contributed by atoms with E-state index in [1.807, 2.05) is 17.0 Å². The Morgan fingerprint density at radius 1 is 1.00 bits per heavy atom. The summed E-state index contributed by atoms with van der Waals surface area (Å²) in [6.45, 7) is 13.0. The molecule has 1 fully saturated rings. The molecule has 1 amide bonds. The molecule has 150 valence electrons. The van der Waals surface area contributed by atoms with E-state index in [9.17, 15) is 4.79 Å². The molecular formula is C22H31N5O. The number of benzene rings is 1. The van der Waals surface area contributed by atoms with E-state index in [2.05, 4.69) is 65.1 Å². The molecule has 1 aromatic carbocycles. The van der Waals surface area contributed by atoms with Crippen LogP contribution in [0.5, 0.6) is 0 Å². The molecule has 3 rings (SSSR count). The van der Waals surface area contributed by atoms with Crippen LogP contribution in [0.3, 0.4) is 0 Å². The van der Waals surface area contributed by atoms with E-state index < -0.39 is 0 Å². The molecule has 6 heteroatoms. The first-order valence-electron chi connectivity index (χ1n) is 10.2. The largest absolute Gasteiger partial charge is 0.372 e. The van der Waals surface area contributed by atoms with Gasteiger partial charge in [0.25, 0.3) is 5.91 Å². The predicted molar refractivity (Wildman–Crippen MR) is 116 cm³/mol. The van der Waals surface area contributed by atoms with Crippen LogP contribution in [0.25, 0.3) is 0 Å². The fraction of sp³-hybridized carbons (Fsp3) is 0.455. The molecule has 0 aliphatic carbocycles. The molecule has 1 N–H and O–H groups in total. The summed E-state index contributed by atoms with van der Waals surface area (Å²) in [5, 5.41) is 3.30. The molecule has 28 heavy (non-hydrogen) atoms. The van der Waals surface area contributed by atoms with Crippen molar-refractivity contribution in [1.82, 2.24) is 14.8 Å². The van der Waals surface area contributed by atoms with Gasteiger partial charge in [0, 0.05) is 56.8 Å². The molecule has 1 aliphatic rings. The summed E-state index contributed by atoms with van der Waals surface area (Å²) in [6.07, 6.45) is 1.67. The number of hydrogen-bond acceptors (Lipinski definition) is 5. The van der Waals surface area contributed by atoms with Crippen LogP contribution in [-0.2, 0) is 0 Å². The van der Waals surface area contributed by atoms with Gasteiger partial charge in [-0.15, -0.1) is 0 Å². The van der Waals surface area contributed by atoms with Gasteiger partial charge in [0.1, 0.15) is 5.82 Å². The Balaban J connectivity index is 1.59. The molecule has 2 heterocycles. The number of carbonyl (C=O) groups excluding carboxylic acids is 1. The number of piperazine rings is 1. The van der Waals surface area contributed by atoms with Gasteiger partial charge in [-0.2, -0.15) is 0 Å². The second kappa shape index (κ2) is 9.55. The Morgan fingerprint density at radius 3 is 2.21 bits per heavy atom. The third kappa shape index (κ3) is 4.81. The third-order valence-corrected chi connectivity index (χ3v) is 5.39. The van der Waals surface area contributed by atoms with Crippen molar-refractivity contribution < 1.29 is 4.79 Å². The summed E-state index contributed by atoms with van der Waals surface area (Å²) in [4.78, 5) is 23.7. The Hall–Kier alpha value is -2.60. The third-order valence-electron chi connectivity index (χ3n) is 5.39. The van der Waals surface area contributed by atoms with Crippen LogP contribution in [0.1, 0.15) is 31.1 Å². The average molecular weight is 382 g/mol. The Morgan fingerprint density at radius 2 is 1.68 bits per heavy atom. The molecular weight excluding hydrogens is 350 g/mol. The van der Waals surface area contributed by atoms with Crippen molar-refractivity contribution in [3.05, 3.63) is 48.2 Å². The summed E-state index contributed by atoms with van der Waals surface area (Å²) < 4.78 is 0. The molecule has 1 aliphatic heterocycles. The van der Waals surface area contributed by atoms with Crippen LogP contribution in [0.4, 0.5) is 17.2 Å². The van der Waals surface area contributed by atoms with E-state index in [-0.39, 0.29) is 5.91 Å². The predicted octanol–water partition coefficient (Wildman–Crippen LogP) is 3.45. The summed E-state index contributed by atoms with van der Waals surface area (Å²) >= 11 is 0. The molecule has 0 unspecified atom stereocenters. The maximum Gasteiger partial charge on any atom is 0.255 e. The molecule has 1 aromatic heterocycles. The zero-order valence-electron chi connectivity index (χ0n) is 17.2. The van der Waals surface area contributed by atoms with Gasteiger partial charge in [0.2, 0.25) is 0 Å². The Bertz CT molecular complexity index is 748. The molecule has 6 nitrogen and oxygen atoms in total. The quantitative estimate of drug-likeness (QED) is 0.796. The van der Waals surface area contributed by atoms with Crippen molar-refractivity contribution in [2.24, 2.45) is 0 Å². The van der Waals surface area contributed by atoms with Gasteiger partial charge in [-0.25, -0.2) is 4.98 Å². The van der Waals surface area contributed by atoms with Crippen molar-refractivity contribution in [1.29, 1.82) is 0 Å². The summed E-state index contributed by atoms with van der Waals surface area (Å²) in [6, 6.07) is 12.1. The highest BCUT2D eigenvalue weighted by atomic mass is 16.2. The van der Waals surface area contributed by atoms with Gasteiger partial charge >= 0.3 is 0 Å². The molecule has 0 spiro atoms. The summed E-state index contributed by atoms with van der Waals surface area (Å²) in [7, 11) is 0. The number of pyridine rings is 1. The molecule has 0 saturated carbocycles. The topological polar surface area (TPSA) is 51.7 Å². The average Bonchev–Trinajstić information content (AvgIpc) is 2.76. The van der Waals surface area contributed by atoms with Crippen LogP contribution in [0, 0.1) is 0 Å². The SMILES string of the molecule is CCN1CCN(C(=O)c2ccc(Nc3ccc(N(CC)CC)cc3)nc2)CC1. The lowest BCUT2D eigenvalue weighted by atomic mass is 10.2. The van der Waals surface area contributed by atoms with Gasteiger partial charge in [0.15, 0.2) is 0 Å². The first-order valence-corrected chi connectivity index (χ1v) is 10.2. The van der Waals surface area contributed by atoms with Crippen LogP contribution in [-0.4, -0.2) is 66.5 Å². The fourth-order valence-corrected chi connectivity index (χ4v) is 3.54. The molecule has 0 radical (unpaired) electrons. The zero-order valence-corrected chi connectivity index (χ0v) is 17.2. The van der Waals surface area contributed by atoms with Crippen LogP contribution < -0.4 is 10.2 Å². The lowest BCUT2D eigenvalue weighted by Crippen LogP contribution is -2.48. The number of nitrogens with one attached hydrogen (secondary N) is 1. The van der Waals surface area contributed by atoms with E-state index in [1.54, 1.807) is 6.20 Å². The maximum absolute atomic E-state index is 12.7. The van der Waals surface area contributed by atoms with Gasteiger partial charge in [-0.05, 0) is 56.8 Å². The Kier molecular flexibility index (Phi) is 6.87. The van der Waals surface area contributed by atoms with Gasteiger partial charge in [-0.3, -0.25) is 4.79 Å². The molecule has 2 aromatic rings. The molecule has 0 atom stereocenters.